The second-order valence-electron chi connectivity index (χ2n) is 4.77. The van der Waals surface area contributed by atoms with E-state index < -0.39 is 0 Å². The van der Waals surface area contributed by atoms with E-state index in [1.807, 2.05) is 12.1 Å². The van der Waals surface area contributed by atoms with Crippen molar-refractivity contribution in [3.8, 4) is 5.75 Å². The Balaban J connectivity index is 2.40. The molecule has 0 saturated carbocycles. The lowest BCUT2D eigenvalue weighted by Gasteiger charge is -2.20. The zero-order valence-electron chi connectivity index (χ0n) is 12.1. The van der Waals surface area contributed by atoms with Crippen molar-refractivity contribution in [2.24, 2.45) is 0 Å². The van der Waals surface area contributed by atoms with Gasteiger partial charge in [0.15, 0.2) is 0 Å². The van der Waals surface area contributed by atoms with Gasteiger partial charge in [-0.15, -0.1) is 11.3 Å². The van der Waals surface area contributed by atoms with Crippen molar-refractivity contribution in [3.63, 3.8) is 0 Å². The van der Waals surface area contributed by atoms with Crippen molar-refractivity contribution in [1.29, 1.82) is 0 Å². The lowest BCUT2D eigenvalue weighted by atomic mass is 10.0. The Morgan fingerprint density at radius 1 is 1.35 bits per heavy atom. The molecule has 1 unspecified atom stereocenters. The Bertz CT molecular complexity index is 567. The molecule has 0 aliphatic heterocycles. The third-order valence-electron chi connectivity index (χ3n) is 3.20. The van der Waals surface area contributed by atoms with E-state index in [1.54, 1.807) is 18.4 Å². The lowest BCUT2D eigenvalue weighted by molar-refractivity contribution is 0.413. The summed E-state index contributed by atoms with van der Waals surface area (Å²) in [5.41, 5.74) is 2.53. The molecule has 0 bridgehead atoms. The summed E-state index contributed by atoms with van der Waals surface area (Å²) in [5.74, 6) is 0.887. The highest BCUT2D eigenvalue weighted by atomic mass is 79.9. The fraction of sp³-hybridized carbons (Fsp3) is 0.375. The highest BCUT2D eigenvalue weighted by molar-refractivity contribution is 9.10. The van der Waals surface area contributed by atoms with Crippen LogP contribution in [0.2, 0.25) is 0 Å². The first-order valence-corrected chi connectivity index (χ1v) is 8.44. The van der Waals surface area contributed by atoms with Crippen LogP contribution in [0.3, 0.4) is 0 Å². The topological polar surface area (TPSA) is 21.3 Å². The monoisotopic (exact) mass is 353 g/mol. The Hall–Kier alpha value is -0.840. The van der Waals surface area contributed by atoms with E-state index >= 15 is 0 Å². The zero-order chi connectivity index (χ0) is 14.5. The van der Waals surface area contributed by atoms with Gasteiger partial charge in [0.1, 0.15) is 5.75 Å². The van der Waals surface area contributed by atoms with E-state index in [-0.39, 0.29) is 6.04 Å². The van der Waals surface area contributed by atoms with Gasteiger partial charge in [0, 0.05) is 9.35 Å². The molecule has 4 heteroatoms. The first-order valence-electron chi connectivity index (χ1n) is 6.77. The van der Waals surface area contributed by atoms with Crippen LogP contribution in [0.1, 0.15) is 35.4 Å². The van der Waals surface area contributed by atoms with Gasteiger partial charge in [0.05, 0.1) is 13.2 Å². The molecule has 0 saturated heterocycles. The Labute approximate surface area is 133 Å². The molecule has 0 amide bonds. The average Bonchev–Trinajstić information content (AvgIpc) is 2.87. The minimum absolute atomic E-state index is 0.198. The fourth-order valence-corrected chi connectivity index (χ4v) is 3.39. The summed E-state index contributed by atoms with van der Waals surface area (Å²) < 4.78 is 6.47. The molecular weight excluding hydrogens is 334 g/mol. The highest BCUT2D eigenvalue weighted by Crippen LogP contribution is 2.33. The Morgan fingerprint density at radius 2 is 2.15 bits per heavy atom. The molecule has 2 aromatic rings. The predicted octanol–water partition coefficient (Wildman–Crippen LogP) is 4.92. The van der Waals surface area contributed by atoms with Crippen molar-refractivity contribution >= 4 is 27.3 Å². The minimum Gasteiger partial charge on any atom is -0.497 e. The number of methoxy groups -OCH3 is 1. The van der Waals surface area contributed by atoms with Gasteiger partial charge in [-0.3, -0.25) is 0 Å². The fourth-order valence-electron chi connectivity index (χ4n) is 2.18. The molecule has 1 aromatic heterocycles. The average molecular weight is 354 g/mol. The lowest BCUT2D eigenvalue weighted by Crippen LogP contribution is -2.23. The molecule has 0 radical (unpaired) electrons. The van der Waals surface area contributed by atoms with E-state index in [2.05, 4.69) is 52.6 Å². The Kier molecular flexibility index (Phi) is 5.64. The third kappa shape index (κ3) is 3.62. The van der Waals surface area contributed by atoms with Crippen molar-refractivity contribution < 1.29 is 4.74 Å². The summed E-state index contributed by atoms with van der Waals surface area (Å²) in [5, 5.41) is 5.86. The first kappa shape index (κ1) is 15.5. The molecule has 1 heterocycles. The van der Waals surface area contributed by atoms with E-state index in [1.165, 1.54) is 16.0 Å². The molecule has 0 aliphatic carbocycles. The first-order chi connectivity index (χ1) is 9.65. The number of thiophene rings is 1. The number of rotatable bonds is 6. The largest absolute Gasteiger partial charge is 0.497 e. The van der Waals surface area contributed by atoms with Crippen molar-refractivity contribution in [3.05, 3.63) is 50.1 Å². The second kappa shape index (κ2) is 7.25. The standard InChI is InChI=1S/C16H20BrNOS/c1-4-7-18-16(12-8-11(2)20-10-12)14-9-13(19-3)5-6-15(14)17/h5-6,8-10,16,18H,4,7H2,1-3H3. The van der Waals surface area contributed by atoms with Crippen LogP contribution in [0.25, 0.3) is 0 Å². The van der Waals surface area contributed by atoms with Gasteiger partial charge in [-0.2, -0.15) is 0 Å². The number of hydrogen-bond donors (Lipinski definition) is 1. The van der Waals surface area contributed by atoms with Crippen LogP contribution in [0, 0.1) is 6.92 Å². The molecule has 1 aromatic carbocycles. The minimum atomic E-state index is 0.198. The summed E-state index contributed by atoms with van der Waals surface area (Å²) in [4.78, 5) is 1.34. The van der Waals surface area contributed by atoms with Crippen molar-refractivity contribution in [2.75, 3.05) is 13.7 Å². The number of benzene rings is 1. The van der Waals surface area contributed by atoms with Crippen LogP contribution in [-0.2, 0) is 0 Å². The van der Waals surface area contributed by atoms with Gasteiger partial charge in [-0.05, 0) is 60.7 Å². The van der Waals surface area contributed by atoms with Gasteiger partial charge in [-0.25, -0.2) is 0 Å². The van der Waals surface area contributed by atoms with E-state index in [0.29, 0.717) is 0 Å². The Morgan fingerprint density at radius 3 is 2.75 bits per heavy atom. The van der Waals surface area contributed by atoms with Gasteiger partial charge < -0.3 is 10.1 Å². The SMILES string of the molecule is CCCNC(c1csc(C)c1)c1cc(OC)ccc1Br. The summed E-state index contributed by atoms with van der Waals surface area (Å²) in [6.07, 6.45) is 1.11. The van der Waals surface area contributed by atoms with Crippen LogP contribution in [0.4, 0.5) is 0 Å². The van der Waals surface area contributed by atoms with Crippen LogP contribution in [-0.4, -0.2) is 13.7 Å². The van der Waals surface area contributed by atoms with Gasteiger partial charge >= 0.3 is 0 Å². The van der Waals surface area contributed by atoms with E-state index in [0.717, 1.165) is 23.2 Å². The van der Waals surface area contributed by atoms with Crippen LogP contribution < -0.4 is 10.1 Å². The van der Waals surface area contributed by atoms with Gasteiger partial charge in [0.25, 0.3) is 0 Å². The van der Waals surface area contributed by atoms with Crippen LogP contribution in [0.15, 0.2) is 34.1 Å². The number of nitrogens with one attached hydrogen (secondary N) is 1. The molecule has 0 fully saturated rings. The second-order valence-corrected chi connectivity index (χ2v) is 6.73. The maximum absolute atomic E-state index is 5.36. The molecule has 20 heavy (non-hydrogen) atoms. The quantitative estimate of drug-likeness (QED) is 0.795. The molecular formula is C16H20BrNOS. The van der Waals surface area contributed by atoms with Gasteiger partial charge in [0.2, 0.25) is 0 Å². The third-order valence-corrected chi connectivity index (χ3v) is 4.80. The summed E-state index contributed by atoms with van der Waals surface area (Å²) in [6, 6.07) is 8.58. The normalized spacial score (nSPS) is 12.4. The summed E-state index contributed by atoms with van der Waals surface area (Å²) in [7, 11) is 1.70. The van der Waals surface area contributed by atoms with E-state index in [9.17, 15) is 0 Å². The van der Waals surface area contributed by atoms with Crippen molar-refractivity contribution in [1.82, 2.24) is 5.32 Å². The van der Waals surface area contributed by atoms with Crippen molar-refractivity contribution in [2.45, 2.75) is 26.3 Å². The molecule has 0 spiro atoms. The number of hydrogen-bond acceptors (Lipinski definition) is 3. The summed E-state index contributed by atoms with van der Waals surface area (Å²) >= 11 is 5.45. The molecule has 1 atom stereocenters. The summed E-state index contributed by atoms with van der Waals surface area (Å²) in [6.45, 7) is 5.32. The smallest absolute Gasteiger partial charge is 0.119 e. The molecule has 2 rings (SSSR count). The maximum atomic E-state index is 5.36. The zero-order valence-corrected chi connectivity index (χ0v) is 14.5. The number of aryl methyl sites for hydroxylation is 1. The van der Waals surface area contributed by atoms with E-state index in [4.69, 9.17) is 4.74 Å². The number of halogens is 1. The van der Waals surface area contributed by atoms with Gasteiger partial charge in [-0.1, -0.05) is 22.9 Å². The highest BCUT2D eigenvalue weighted by Gasteiger charge is 2.18. The van der Waals surface area contributed by atoms with Crippen LogP contribution >= 0.6 is 27.3 Å². The van der Waals surface area contributed by atoms with Crippen LogP contribution in [0.5, 0.6) is 5.75 Å². The molecule has 1 N–H and O–H groups in total. The number of ether oxygens (including phenoxy) is 1. The molecule has 0 aliphatic rings. The molecule has 108 valence electrons. The molecule has 2 nitrogen and oxygen atoms in total. The predicted molar refractivity (Wildman–Crippen MR) is 89.9 cm³/mol. The maximum Gasteiger partial charge on any atom is 0.119 e.